The summed E-state index contributed by atoms with van der Waals surface area (Å²) in [5, 5.41) is 2.88. The predicted octanol–water partition coefficient (Wildman–Crippen LogP) is 1.32. The number of thioether (sulfide) groups is 1. The van der Waals surface area contributed by atoms with E-state index in [-0.39, 0.29) is 28.9 Å². The highest BCUT2D eigenvalue weighted by atomic mass is 32.2. The maximum Gasteiger partial charge on any atom is 0.226 e. The van der Waals surface area contributed by atoms with E-state index in [0.717, 1.165) is 18.6 Å². The molecule has 1 saturated carbocycles. The molecule has 2 saturated heterocycles. The number of carbonyl (C=O) groups is 3. The highest BCUT2D eigenvalue weighted by Gasteiger charge is 2.39. The molecule has 5 nitrogen and oxygen atoms in total. The summed E-state index contributed by atoms with van der Waals surface area (Å²) in [7, 11) is 0. The van der Waals surface area contributed by atoms with Gasteiger partial charge in [-0.05, 0) is 19.3 Å². The van der Waals surface area contributed by atoms with Gasteiger partial charge in [0.1, 0.15) is 0 Å². The van der Waals surface area contributed by atoms with Gasteiger partial charge in [-0.2, -0.15) is 0 Å². The van der Waals surface area contributed by atoms with Crippen molar-refractivity contribution in [2.24, 2.45) is 5.92 Å². The van der Waals surface area contributed by atoms with Gasteiger partial charge < -0.3 is 10.2 Å². The molecule has 0 aromatic heterocycles. The summed E-state index contributed by atoms with van der Waals surface area (Å²) in [6, 6.07) is -0.0194. The Morgan fingerprint density at radius 1 is 1.14 bits per heavy atom. The van der Waals surface area contributed by atoms with E-state index in [1.165, 1.54) is 31.0 Å². The van der Waals surface area contributed by atoms with Gasteiger partial charge in [-0.15, -0.1) is 0 Å². The van der Waals surface area contributed by atoms with E-state index in [9.17, 15) is 14.4 Å². The molecule has 1 N–H and O–H groups in total. The molecule has 21 heavy (non-hydrogen) atoms. The average Bonchev–Trinajstić information content (AvgIpc) is 3.07. The van der Waals surface area contributed by atoms with Crippen LogP contribution in [0, 0.1) is 5.92 Å². The quantitative estimate of drug-likeness (QED) is 0.853. The topological polar surface area (TPSA) is 66.5 Å². The molecule has 116 valence electrons. The SMILES string of the molecule is O=C(NC1CCSC1=O)C1CC(=O)N(C2CCCCC2)C1. The summed E-state index contributed by atoms with van der Waals surface area (Å²) >= 11 is 1.28. The van der Waals surface area contributed by atoms with Crippen LogP contribution in [0.4, 0.5) is 0 Å². The predicted molar refractivity (Wildman–Crippen MR) is 80.7 cm³/mol. The van der Waals surface area contributed by atoms with Gasteiger partial charge >= 0.3 is 0 Å². The maximum atomic E-state index is 12.3. The summed E-state index contributed by atoms with van der Waals surface area (Å²) in [6.45, 7) is 0.531. The van der Waals surface area contributed by atoms with Gasteiger partial charge in [0.25, 0.3) is 0 Å². The van der Waals surface area contributed by atoms with Crippen LogP contribution in [-0.2, 0) is 14.4 Å². The maximum absolute atomic E-state index is 12.3. The number of hydrogen-bond acceptors (Lipinski definition) is 4. The fourth-order valence-corrected chi connectivity index (χ4v) is 4.50. The normalized spacial score (nSPS) is 31.0. The Labute approximate surface area is 129 Å². The van der Waals surface area contributed by atoms with E-state index in [1.54, 1.807) is 0 Å². The first-order chi connectivity index (χ1) is 10.1. The van der Waals surface area contributed by atoms with Crippen LogP contribution in [0.1, 0.15) is 44.9 Å². The number of rotatable bonds is 3. The third kappa shape index (κ3) is 3.25. The molecular formula is C15H22N2O3S. The van der Waals surface area contributed by atoms with Crippen LogP contribution >= 0.6 is 11.8 Å². The van der Waals surface area contributed by atoms with E-state index in [2.05, 4.69) is 5.32 Å². The van der Waals surface area contributed by atoms with Crippen LogP contribution in [0.2, 0.25) is 0 Å². The molecule has 2 aliphatic heterocycles. The van der Waals surface area contributed by atoms with Gasteiger partial charge in [0.2, 0.25) is 16.9 Å². The molecule has 2 amide bonds. The zero-order valence-electron chi connectivity index (χ0n) is 12.2. The number of hydrogen-bond donors (Lipinski definition) is 1. The Bertz CT molecular complexity index is 448. The molecule has 0 radical (unpaired) electrons. The van der Waals surface area contributed by atoms with Crippen LogP contribution < -0.4 is 5.32 Å². The fraction of sp³-hybridized carbons (Fsp3) is 0.800. The Kier molecular flexibility index (Phi) is 4.52. The van der Waals surface area contributed by atoms with Gasteiger partial charge in [-0.1, -0.05) is 31.0 Å². The summed E-state index contributed by atoms with van der Waals surface area (Å²) in [6.07, 6.45) is 6.76. The Hall–Kier alpha value is -1.04. The number of nitrogens with zero attached hydrogens (tertiary/aromatic N) is 1. The van der Waals surface area contributed by atoms with Crippen molar-refractivity contribution < 1.29 is 14.4 Å². The van der Waals surface area contributed by atoms with E-state index in [0.29, 0.717) is 25.4 Å². The Morgan fingerprint density at radius 3 is 2.57 bits per heavy atom. The lowest BCUT2D eigenvalue weighted by atomic mass is 9.94. The lowest BCUT2D eigenvalue weighted by Crippen LogP contribution is -2.42. The molecule has 2 atom stereocenters. The van der Waals surface area contributed by atoms with Crippen LogP contribution in [-0.4, -0.2) is 46.2 Å². The van der Waals surface area contributed by atoms with Crippen LogP contribution in [0.25, 0.3) is 0 Å². The minimum atomic E-state index is -0.346. The third-order valence-electron chi connectivity index (χ3n) is 4.80. The van der Waals surface area contributed by atoms with Crippen LogP contribution in [0.5, 0.6) is 0 Å². The second-order valence-electron chi connectivity index (χ2n) is 6.26. The molecule has 3 aliphatic rings. The summed E-state index contributed by atoms with van der Waals surface area (Å²) in [4.78, 5) is 37.9. The largest absolute Gasteiger partial charge is 0.345 e. The van der Waals surface area contributed by atoms with Crippen molar-refractivity contribution in [3.63, 3.8) is 0 Å². The highest BCUT2D eigenvalue weighted by Crippen LogP contribution is 2.29. The van der Waals surface area contributed by atoms with E-state index >= 15 is 0 Å². The molecule has 0 aromatic rings. The number of carbonyl (C=O) groups excluding carboxylic acids is 3. The molecule has 2 heterocycles. The minimum Gasteiger partial charge on any atom is -0.345 e. The average molecular weight is 310 g/mol. The van der Waals surface area contributed by atoms with Crippen molar-refractivity contribution in [3.8, 4) is 0 Å². The first-order valence-corrected chi connectivity index (χ1v) is 8.90. The lowest BCUT2D eigenvalue weighted by molar-refractivity contribution is -0.131. The number of nitrogens with one attached hydrogen (secondary N) is 1. The van der Waals surface area contributed by atoms with Gasteiger partial charge in [0.05, 0.1) is 12.0 Å². The Balaban J connectivity index is 1.56. The van der Waals surface area contributed by atoms with Gasteiger partial charge in [0.15, 0.2) is 0 Å². The highest BCUT2D eigenvalue weighted by molar-refractivity contribution is 8.14. The van der Waals surface area contributed by atoms with Crippen molar-refractivity contribution in [2.45, 2.75) is 57.0 Å². The molecule has 2 unspecified atom stereocenters. The van der Waals surface area contributed by atoms with Crippen molar-refractivity contribution in [2.75, 3.05) is 12.3 Å². The second kappa shape index (κ2) is 6.38. The zero-order valence-corrected chi connectivity index (χ0v) is 13.0. The summed E-state index contributed by atoms with van der Waals surface area (Å²) in [5.74, 6) is 0.483. The molecular weight excluding hydrogens is 288 g/mol. The fourth-order valence-electron chi connectivity index (χ4n) is 3.57. The van der Waals surface area contributed by atoms with Crippen LogP contribution in [0.3, 0.4) is 0 Å². The molecule has 0 spiro atoms. The summed E-state index contributed by atoms with van der Waals surface area (Å²) in [5.41, 5.74) is 0. The first-order valence-electron chi connectivity index (χ1n) is 7.91. The smallest absolute Gasteiger partial charge is 0.226 e. The molecule has 3 rings (SSSR count). The third-order valence-corrected chi connectivity index (χ3v) is 5.81. The van der Waals surface area contributed by atoms with Crippen molar-refractivity contribution >= 4 is 28.7 Å². The minimum absolute atomic E-state index is 0.0526. The number of amides is 2. The first kappa shape index (κ1) is 14.9. The van der Waals surface area contributed by atoms with E-state index < -0.39 is 0 Å². The van der Waals surface area contributed by atoms with Crippen molar-refractivity contribution in [1.82, 2.24) is 10.2 Å². The monoisotopic (exact) mass is 310 g/mol. The van der Waals surface area contributed by atoms with Gasteiger partial charge in [-0.25, -0.2) is 0 Å². The van der Waals surface area contributed by atoms with Gasteiger partial charge in [0, 0.05) is 24.8 Å². The molecule has 1 aliphatic carbocycles. The van der Waals surface area contributed by atoms with Crippen LogP contribution in [0.15, 0.2) is 0 Å². The van der Waals surface area contributed by atoms with E-state index in [1.807, 2.05) is 4.90 Å². The lowest BCUT2D eigenvalue weighted by Gasteiger charge is -2.31. The second-order valence-corrected chi connectivity index (χ2v) is 7.36. The molecule has 0 aromatic carbocycles. The number of likely N-dealkylation sites (tertiary alicyclic amines) is 1. The molecule has 3 fully saturated rings. The molecule has 0 bridgehead atoms. The summed E-state index contributed by atoms with van der Waals surface area (Å²) < 4.78 is 0. The van der Waals surface area contributed by atoms with Gasteiger partial charge in [-0.3, -0.25) is 14.4 Å². The zero-order chi connectivity index (χ0) is 14.8. The molecule has 6 heteroatoms. The Morgan fingerprint density at radius 2 is 1.90 bits per heavy atom. The van der Waals surface area contributed by atoms with Crippen molar-refractivity contribution in [1.29, 1.82) is 0 Å². The van der Waals surface area contributed by atoms with E-state index in [4.69, 9.17) is 0 Å². The van der Waals surface area contributed by atoms with Crippen molar-refractivity contribution in [3.05, 3.63) is 0 Å². The standard InChI is InChI=1S/C15H22N2O3S/c18-13-8-10(9-17(13)11-4-2-1-3-5-11)14(19)16-12-6-7-21-15(12)20/h10-12H,1-9H2,(H,16,19).